The van der Waals surface area contributed by atoms with E-state index in [0.717, 1.165) is 0 Å². The second-order valence-electron chi connectivity index (χ2n) is 4.88. The van der Waals surface area contributed by atoms with Crippen molar-refractivity contribution in [3.63, 3.8) is 0 Å². The van der Waals surface area contributed by atoms with Gasteiger partial charge in [-0.3, -0.25) is 9.59 Å². The number of hydrogen-bond donors (Lipinski definition) is 2. The van der Waals surface area contributed by atoms with Crippen LogP contribution in [-0.2, 0) is 14.3 Å². The largest absolute Gasteiger partial charge is 0.481 e. The summed E-state index contributed by atoms with van der Waals surface area (Å²) in [4.78, 5) is 22.0. The Kier molecular flexibility index (Phi) is 6.80. The molecule has 1 amide bonds. The first kappa shape index (κ1) is 15.9. The average Bonchev–Trinajstić information content (AvgIpc) is 2.13. The van der Waals surface area contributed by atoms with Crippen molar-refractivity contribution in [2.75, 3.05) is 13.2 Å². The van der Waals surface area contributed by atoms with E-state index < -0.39 is 5.97 Å². The van der Waals surface area contributed by atoms with E-state index in [4.69, 9.17) is 9.84 Å². The van der Waals surface area contributed by atoms with Crippen molar-refractivity contribution >= 4 is 11.9 Å². The topological polar surface area (TPSA) is 75.6 Å². The van der Waals surface area contributed by atoms with Crippen molar-refractivity contribution < 1.29 is 19.4 Å². The minimum absolute atomic E-state index is 0.0161. The Labute approximate surface area is 103 Å². The summed E-state index contributed by atoms with van der Waals surface area (Å²) in [7, 11) is 0. The molecule has 100 valence electrons. The van der Waals surface area contributed by atoms with Crippen LogP contribution in [0.2, 0.25) is 0 Å². The van der Waals surface area contributed by atoms with Gasteiger partial charge in [0, 0.05) is 26.0 Å². The minimum Gasteiger partial charge on any atom is -0.481 e. The maximum absolute atomic E-state index is 11.5. The molecule has 5 heteroatoms. The Morgan fingerprint density at radius 1 is 1.35 bits per heavy atom. The van der Waals surface area contributed by atoms with Crippen molar-refractivity contribution in [2.24, 2.45) is 5.92 Å². The number of nitrogens with one attached hydrogen (secondary N) is 1. The van der Waals surface area contributed by atoms with Crippen molar-refractivity contribution in [1.29, 1.82) is 0 Å². The summed E-state index contributed by atoms with van der Waals surface area (Å²) in [5, 5.41) is 11.3. The molecule has 2 N–H and O–H groups in total. The number of carboxylic acid groups (broad SMARTS) is 1. The highest BCUT2D eigenvalue weighted by atomic mass is 16.5. The molecule has 0 aromatic rings. The van der Waals surface area contributed by atoms with Gasteiger partial charge in [0.15, 0.2) is 0 Å². The number of ether oxygens (including phenoxy) is 1. The van der Waals surface area contributed by atoms with E-state index in [-0.39, 0.29) is 30.3 Å². The predicted molar refractivity (Wildman–Crippen MR) is 64.7 cm³/mol. The van der Waals surface area contributed by atoms with Crippen LogP contribution < -0.4 is 5.32 Å². The van der Waals surface area contributed by atoms with Crippen LogP contribution in [0.25, 0.3) is 0 Å². The quantitative estimate of drug-likeness (QED) is 0.678. The zero-order chi connectivity index (χ0) is 13.5. The maximum Gasteiger partial charge on any atom is 0.303 e. The van der Waals surface area contributed by atoms with E-state index in [0.29, 0.717) is 13.2 Å². The fourth-order valence-electron chi connectivity index (χ4n) is 1.51. The van der Waals surface area contributed by atoms with Gasteiger partial charge in [0.25, 0.3) is 0 Å². The number of carbonyl (C=O) groups excluding carboxylic acids is 1. The van der Waals surface area contributed by atoms with Gasteiger partial charge in [0.05, 0.1) is 5.60 Å². The molecule has 0 rings (SSSR count). The first-order chi connectivity index (χ1) is 7.76. The van der Waals surface area contributed by atoms with E-state index in [1.54, 1.807) is 6.92 Å². The lowest BCUT2D eigenvalue weighted by Crippen LogP contribution is -2.40. The first-order valence-electron chi connectivity index (χ1n) is 5.89. The summed E-state index contributed by atoms with van der Waals surface area (Å²) in [6.07, 6.45) is 0.247. The van der Waals surface area contributed by atoms with Crippen LogP contribution in [0.1, 0.15) is 40.5 Å². The molecule has 1 atom stereocenters. The van der Waals surface area contributed by atoms with Crippen molar-refractivity contribution in [1.82, 2.24) is 5.32 Å². The molecule has 0 spiro atoms. The third-order valence-electron chi connectivity index (χ3n) is 2.30. The number of carboxylic acids is 1. The van der Waals surface area contributed by atoms with Crippen LogP contribution in [0.15, 0.2) is 0 Å². The highest BCUT2D eigenvalue weighted by molar-refractivity contribution is 5.77. The third kappa shape index (κ3) is 8.68. The van der Waals surface area contributed by atoms with Crippen LogP contribution in [0.3, 0.4) is 0 Å². The molecule has 0 saturated carbocycles. The predicted octanol–water partition coefficient (Wildman–Crippen LogP) is 1.42. The zero-order valence-corrected chi connectivity index (χ0v) is 11.1. The smallest absolute Gasteiger partial charge is 0.303 e. The lowest BCUT2D eigenvalue weighted by Gasteiger charge is -2.25. The van der Waals surface area contributed by atoms with Crippen molar-refractivity contribution in [3.05, 3.63) is 0 Å². The van der Waals surface area contributed by atoms with Gasteiger partial charge in [-0.25, -0.2) is 0 Å². The van der Waals surface area contributed by atoms with Crippen molar-refractivity contribution in [2.45, 2.75) is 46.1 Å². The van der Waals surface area contributed by atoms with Crippen LogP contribution in [0.5, 0.6) is 0 Å². The molecule has 0 aliphatic carbocycles. The first-order valence-corrected chi connectivity index (χ1v) is 5.89. The van der Waals surface area contributed by atoms with Crippen LogP contribution >= 0.6 is 0 Å². The monoisotopic (exact) mass is 245 g/mol. The molecular weight excluding hydrogens is 222 g/mol. The van der Waals surface area contributed by atoms with Gasteiger partial charge >= 0.3 is 5.97 Å². The summed E-state index contributed by atoms with van der Waals surface area (Å²) in [5.74, 6) is -1.16. The Bertz CT molecular complexity index is 263. The highest BCUT2D eigenvalue weighted by Gasteiger charge is 2.19. The van der Waals surface area contributed by atoms with Gasteiger partial charge in [-0.15, -0.1) is 0 Å². The fourth-order valence-corrected chi connectivity index (χ4v) is 1.51. The summed E-state index contributed by atoms with van der Waals surface area (Å²) < 4.78 is 5.44. The molecule has 0 aromatic heterocycles. The maximum atomic E-state index is 11.5. The lowest BCUT2D eigenvalue weighted by atomic mass is 10.0. The Morgan fingerprint density at radius 2 is 1.94 bits per heavy atom. The molecule has 0 aliphatic heterocycles. The minimum atomic E-state index is -0.875. The average molecular weight is 245 g/mol. The normalized spacial score (nSPS) is 13.2. The molecule has 5 nitrogen and oxygen atoms in total. The van der Waals surface area contributed by atoms with Gasteiger partial charge in [0.2, 0.25) is 5.91 Å². The molecule has 0 fully saturated rings. The van der Waals surface area contributed by atoms with E-state index in [1.165, 1.54) is 0 Å². The molecule has 0 bridgehead atoms. The van der Waals surface area contributed by atoms with E-state index in [1.807, 2.05) is 20.8 Å². The molecule has 17 heavy (non-hydrogen) atoms. The number of hydrogen-bond acceptors (Lipinski definition) is 3. The summed E-state index contributed by atoms with van der Waals surface area (Å²) in [5.41, 5.74) is -0.388. The third-order valence-corrected chi connectivity index (χ3v) is 2.30. The molecule has 0 aliphatic rings. The van der Waals surface area contributed by atoms with E-state index in [9.17, 15) is 9.59 Å². The van der Waals surface area contributed by atoms with Gasteiger partial charge in [-0.1, -0.05) is 6.92 Å². The van der Waals surface area contributed by atoms with Crippen LogP contribution in [-0.4, -0.2) is 35.7 Å². The Morgan fingerprint density at radius 3 is 2.41 bits per heavy atom. The molecule has 0 saturated heterocycles. The summed E-state index contributed by atoms with van der Waals surface area (Å²) >= 11 is 0. The Hall–Kier alpha value is -1.10. The van der Waals surface area contributed by atoms with Gasteiger partial charge < -0.3 is 15.2 Å². The van der Waals surface area contributed by atoms with Gasteiger partial charge in [-0.2, -0.15) is 0 Å². The number of carbonyl (C=O) groups is 2. The molecule has 0 radical (unpaired) electrons. The van der Waals surface area contributed by atoms with Gasteiger partial charge in [0.1, 0.15) is 0 Å². The van der Waals surface area contributed by atoms with E-state index >= 15 is 0 Å². The molecule has 0 heterocycles. The zero-order valence-electron chi connectivity index (χ0n) is 11.1. The van der Waals surface area contributed by atoms with Crippen molar-refractivity contribution in [3.8, 4) is 0 Å². The van der Waals surface area contributed by atoms with Crippen LogP contribution in [0, 0.1) is 5.92 Å². The summed E-state index contributed by atoms with van der Waals surface area (Å²) in [6, 6.07) is 0. The SMILES string of the molecule is CCOC(C)(C)CNC(=O)CC(C)CC(=O)O. The second kappa shape index (κ2) is 7.27. The molecule has 0 aromatic carbocycles. The number of aliphatic carboxylic acids is 1. The van der Waals surface area contributed by atoms with E-state index in [2.05, 4.69) is 5.32 Å². The Balaban J connectivity index is 3.90. The number of amides is 1. The van der Waals surface area contributed by atoms with Gasteiger partial charge in [-0.05, 0) is 26.7 Å². The fraction of sp³-hybridized carbons (Fsp3) is 0.833. The molecule has 1 unspecified atom stereocenters. The standard InChI is InChI=1S/C12H23NO4/c1-5-17-12(3,4)8-13-10(14)6-9(2)7-11(15)16/h9H,5-8H2,1-4H3,(H,13,14)(H,15,16). The molecular formula is C12H23NO4. The number of rotatable bonds is 8. The van der Waals surface area contributed by atoms with Crippen LogP contribution in [0.4, 0.5) is 0 Å². The lowest BCUT2D eigenvalue weighted by molar-refractivity contribution is -0.138. The second-order valence-corrected chi connectivity index (χ2v) is 4.88. The summed E-state index contributed by atoms with van der Waals surface area (Å²) in [6.45, 7) is 8.48. The highest BCUT2D eigenvalue weighted by Crippen LogP contribution is 2.09.